The summed E-state index contributed by atoms with van der Waals surface area (Å²) in [5.74, 6) is 0.536. The van der Waals surface area contributed by atoms with Gasteiger partial charge in [0.2, 0.25) is 0 Å². The molecule has 2 aromatic rings. The molecular formula is C19H26N6O3. The van der Waals surface area contributed by atoms with E-state index in [1.54, 1.807) is 19.1 Å². The van der Waals surface area contributed by atoms with Crippen LogP contribution in [0.2, 0.25) is 0 Å². The molecule has 0 unspecified atom stereocenters. The van der Waals surface area contributed by atoms with E-state index >= 15 is 0 Å². The number of non-ortho nitro benzene ring substituents is 1. The second kappa shape index (κ2) is 8.92. The highest BCUT2D eigenvalue weighted by molar-refractivity contribution is 5.93. The van der Waals surface area contributed by atoms with Gasteiger partial charge >= 0.3 is 0 Å². The fourth-order valence-corrected chi connectivity index (χ4v) is 3.40. The van der Waals surface area contributed by atoms with Crippen molar-refractivity contribution in [1.29, 1.82) is 0 Å². The highest BCUT2D eigenvalue weighted by Crippen LogP contribution is 2.18. The van der Waals surface area contributed by atoms with Gasteiger partial charge in [-0.25, -0.2) is 4.68 Å². The standard InChI is InChI=1S/C19H26N6O3/c1-14-7-11-23(12-8-14)10-4-9-20-19(26)18-15(2)24(22-21-18)16-5-3-6-17(13-16)25(27)28/h3,5-6,13-14H,4,7-12H2,1-2H3,(H,20,26). The zero-order valence-corrected chi connectivity index (χ0v) is 16.3. The van der Waals surface area contributed by atoms with Crippen LogP contribution in [0.25, 0.3) is 5.69 Å². The number of likely N-dealkylation sites (tertiary alicyclic amines) is 1. The molecule has 1 aliphatic heterocycles. The van der Waals surface area contributed by atoms with Gasteiger partial charge < -0.3 is 10.2 Å². The normalized spacial score (nSPS) is 15.5. The summed E-state index contributed by atoms with van der Waals surface area (Å²) in [4.78, 5) is 25.4. The Balaban J connectivity index is 1.55. The maximum atomic E-state index is 12.4. The van der Waals surface area contributed by atoms with Gasteiger partial charge in [0.15, 0.2) is 5.69 Å². The SMILES string of the molecule is Cc1c(C(=O)NCCCN2CCC(C)CC2)nnn1-c1cccc([N+](=O)[O-])c1. The predicted octanol–water partition coefficient (Wildman–Crippen LogP) is 2.34. The van der Waals surface area contributed by atoms with E-state index in [1.807, 2.05) is 0 Å². The maximum absolute atomic E-state index is 12.4. The summed E-state index contributed by atoms with van der Waals surface area (Å²) in [6.45, 7) is 7.83. The minimum atomic E-state index is -0.466. The Kier molecular flexibility index (Phi) is 6.35. The van der Waals surface area contributed by atoms with E-state index in [4.69, 9.17) is 0 Å². The Morgan fingerprint density at radius 1 is 1.36 bits per heavy atom. The lowest BCUT2D eigenvalue weighted by molar-refractivity contribution is -0.384. The van der Waals surface area contributed by atoms with Gasteiger partial charge in [-0.05, 0) is 57.8 Å². The Hall–Kier alpha value is -2.81. The quantitative estimate of drug-likeness (QED) is 0.445. The number of nitrogens with one attached hydrogen (secondary N) is 1. The van der Waals surface area contributed by atoms with E-state index in [1.165, 1.54) is 29.7 Å². The molecule has 0 radical (unpaired) electrons. The first-order valence-electron chi connectivity index (χ1n) is 9.63. The van der Waals surface area contributed by atoms with Crippen molar-refractivity contribution in [3.05, 3.63) is 45.8 Å². The molecule has 2 heterocycles. The Morgan fingerprint density at radius 2 is 2.11 bits per heavy atom. The number of nitro groups is 1. The van der Waals surface area contributed by atoms with Crippen molar-refractivity contribution in [2.24, 2.45) is 5.92 Å². The Morgan fingerprint density at radius 3 is 2.82 bits per heavy atom. The molecule has 1 aromatic carbocycles. The van der Waals surface area contributed by atoms with Crippen molar-refractivity contribution in [2.75, 3.05) is 26.2 Å². The van der Waals surface area contributed by atoms with Gasteiger partial charge in [-0.2, -0.15) is 0 Å². The lowest BCUT2D eigenvalue weighted by Gasteiger charge is -2.30. The lowest BCUT2D eigenvalue weighted by atomic mass is 9.99. The van der Waals surface area contributed by atoms with E-state index in [0.29, 0.717) is 17.9 Å². The molecule has 0 aliphatic carbocycles. The van der Waals surface area contributed by atoms with Gasteiger partial charge in [-0.1, -0.05) is 18.2 Å². The Labute approximate surface area is 163 Å². The minimum absolute atomic E-state index is 0.0366. The summed E-state index contributed by atoms with van der Waals surface area (Å²) in [7, 11) is 0. The molecule has 1 N–H and O–H groups in total. The smallest absolute Gasteiger partial charge is 0.273 e. The predicted molar refractivity (Wildman–Crippen MR) is 105 cm³/mol. The fraction of sp³-hybridized carbons (Fsp3) is 0.526. The van der Waals surface area contributed by atoms with Gasteiger partial charge in [0.1, 0.15) is 0 Å². The maximum Gasteiger partial charge on any atom is 0.273 e. The second-order valence-electron chi connectivity index (χ2n) is 7.35. The summed E-state index contributed by atoms with van der Waals surface area (Å²) in [6.07, 6.45) is 3.37. The van der Waals surface area contributed by atoms with Crippen LogP contribution < -0.4 is 5.32 Å². The van der Waals surface area contributed by atoms with Gasteiger partial charge in [-0.3, -0.25) is 14.9 Å². The number of aromatic nitrogens is 3. The lowest BCUT2D eigenvalue weighted by Crippen LogP contribution is -2.35. The molecule has 9 nitrogen and oxygen atoms in total. The zero-order valence-electron chi connectivity index (χ0n) is 16.3. The van der Waals surface area contributed by atoms with E-state index in [9.17, 15) is 14.9 Å². The van der Waals surface area contributed by atoms with Crippen LogP contribution in [-0.4, -0.2) is 56.9 Å². The molecule has 0 spiro atoms. The van der Waals surface area contributed by atoms with Gasteiger partial charge in [0.05, 0.1) is 16.3 Å². The Bertz CT molecular complexity index is 842. The molecule has 3 rings (SSSR count). The number of nitro benzene ring substituents is 1. The van der Waals surface area contributed by atoms with Crippen molar-refractivity contribution in [1.82, 2.24) is 25.2 Å². The van der Waals surface area contributed by atoms with Crippen LogP contribution in [0.3, 0.4) is 0 Å². The van der Waals surface area contributed by atoms with Crippen molar-refractivity contribution < 1.29 is 9.72 Å². The van der Waals surface area contributed by atoms with E-state index in [-0.39, 0.29) is 17.3 Å². The van der Waals surface area contributed by atoms with Crippen molar-refractivity contribution in [2.45, 2.75) is 33.1 Å². The van der Waals surface area contributed by atoms with Crippen LogP contribution in [0.4, 0.5) is 5.69 Å². The average Bonchev–Trinajstić information content (AvgIpc) is 3.08. The molecule has 1 aromatic heterocycles. The summed E-state index contributed by atoms with van der Waals surface area (Å²) in [6, 6.07) is 6.08. The number of hydrogen-bond donors (Lipinski definition) is 1. The fourth-order valence-electron chi connectivity index (χ4n) is 3.40. The van der Waals surface area contributed by atoms with Crippen LogP contribution >= 0.6 is 0 Å². The molecule has 1 fully saturated rings. The van der Waals surface area contributed by atoms with Crippen molar-refractivity contribution in [3.8, 4) is 5.69 Å². The molecule has 1 saturated heterocycles. The minimum Gasteiger partial charge on any atom is -0.351 e. The van der Waals surface area contributed by atoms with Gasteiger partial charge in [0.25, 0.3) is 11.6 Å². The number of amides is 1. The van der Waals surface area contributed by atoms with Crippen LogP contribution in [0, 0.1) is 23.0 Å². The van der Waals surface area contributed by atoms with Crippen LogP contribution in [0.5, 0.6) is 0 Å². The topological polar surface area (TPSA) is 106 Å². The average molecular weight is 386 g/mol. The summed E-state index contributed by atoms with van der Waals surface area (Å²) >= 11 is 0. The molecule has 28 heavy (non-hydrogen) atoms. The number of hydrogen-bond acceptors (Lipinski definition) is 6. The summed E-state index contributed by atoms with van der Waals surface area (Å²) < 4.78 is 1.44. The second-order valence-corrected chi connectivity index (χ2v) is 7.35. The van der Waals surface area contributed by atoms with E-state index in [2.05, 4.69) is 27.5 Å². The summed E-state index contributed by atoms with van der Waals surface area (Å²) in [5, 5.41) is 21.8. The molecular weight excluding hydrogens is 360 g/mol. The first-order chi connectivity index (χ1) is 13.5. The molecule has 0 bridgehead atoms. The zero-order chi connectivity index (χ0) is 20.1. The molecule has 0 atom stereocenters. The molecule has 1 aliphatic rings. The highest BCUT2D eigenvalue weighted by Gasteiger charge is 2.19. The van der Waals surface area contributed by atoms with Crippen molar-refractivity contribution in [3.63, 3.8) is 0 Å². The summed E-state index contributed by atoms with van der Waals surface area (Å²) in [5.41, 5.74) is 1.24. The molecule has 150 valence electrons. The first kappa shape index (κ1) is 19.9. The number of benzene rings is 1. The van der Waals surface area contributed by atoms with Crippen molar-refractivity contribution >= 4 is 11.6 Å². The number of carbonyl (C=O) groups is 1. The third-order valence-corrected chi connectivity index (χ3v) is 5.21. The third-order valence-electron chi connectivity index (χ3n) is 5.21. The number of carbonyl (C=O) groups excluding carboxylic acids is 1. The van der Waals surface area contributed by atoms with Crippen LogP contribution in [-0.2, 0) is 0 Å². The van der Waals surface area contributed by atoms with Gasteiger partial charge in [0, 0.05) is 18.7 Å². The third kappa shape index (κ3) is 4.72. The first-order valence-corrected chi connectivity index (χ1v) is 9.63. The largest absolute Gasteiger partial charge is 0.351 e. The number of piperidine rings is 1. The molecule has 0 saturated carbocycles. The monoisotopic (exact) mass is 386 g/mol. The molecule has 9 heteroatoms. The van der Waals surface area contributed by atoms with E-state index < -0.39 is 4.92 Å². The van der Waals surface area contributed by atoms with Crippen LogP contribution in [0.1, 0.15) is 42.4 Å². The number of nitrogens with zero attached hydrogens (tertiary/aromatic N) is 5. The van der Waals surface area contributed by atoms with E-state index in [0.717, 1.165) is 32.0 Å². The van der Waals surface area contributed by atoms with Crippen LogP contribution in [0.15, 0.2) is 24.3 Å². The molecule has 1 amide bonds. The van der Waals surface area contributed by atoms with Gasteiger partial charge in [-0.15, -0.1) is 5.10 Å². The highest BCUT2D eigenvalue weighted by atomic mass is 16.6. The number of rotatable bonds is 7.